The molecule has 0 bridgehead atoms. The highest BCUT2D eigenvalue weighted by molar-refractivity contribution is 5.86. The van der Waals surface area contributed by atoms with Crippen LogP contribution >= 0.6 is 0 Å². The van der Waals surface area contributed by atoms with Gasteiger partial charge in [-0.1, -0.05) is 12.0 Å². The number of aryl methyl sites for hydroxylation is 1. The van der Waals surface area contributed by atoms with Crippen molar-refractivity contribution in [2.45, 2.75) is 44.8 Å². The molecule has 0 saturated heterocycles. The molecule has 6 nitrogen and oxygen atoms in total. The van der Waals surface area contributed by atoms with Crippen molar-refractivity contribution >= 4 is 17.0 Å². The van der Waals surface area contributed by atoms with Crippen molar-refractivity contribution in [3.05, 3.63) is 35.7 Å². The highest BCUT2D eigenvalue weighted by Gasteiger charge is 2.28. The minimum Gasteiger partial charge on any atom is -0.382 e. The molecule has 3 N–H and O–H groups in total. The molecule has 144 valence electrons. The first kappa shape index (κ1) is 18.3. The second-order valence-electron chi connectivity index (χ2n) is 6.87. The summed E-state index contributed by atoms with van der Waals surface area (Å²) >= 11 is 0. The van der Waals surface area contributed by atoms with E-state index in [1.165, 1.54) is 12.1 Å². The lowest BCUT2D eigenvalue weighted by Crippen LogP contribution is -2.20. The van der Waals surface area contributed by atoms with Crippen LogP contribution in [-0.2, 0) is 6.54 Å². The molecule has 0 unspecified atom stereocenters. The Morgan fingerprint density at radius 1 is 1.21 bits per heavy atom. The highest BCUT2D eigenvalue weighted by Crippen LogP contribution is 2.30. The Labute approximate surface area is 160 Å². The largest absolute Gasteiger partial charge is 0.382 e. The Balaban J connectivity index is 1.86. The number of fused-ring (bicyclic) bond motifs is 1. The van der Waals surface area contributed by atoms with E-state index in [0.29, 0.717) is 30.6 Å². The highest BCUT2D eigenvalue weighted by atomic mass is 19.2. The van der Waals surface area contributed by atoms with Crippen molar-refractivity contribution in [1.29, 1.82) is 0 Å². The number of halogens is 2. The molecule has 0 radical (unpaired) electrons. The number of nitrogen functional groups attached to an aromatic ring is 1. The van der Waals surface area contributed by atoms with E-state index in [-0.39, 0.29) is 23.0 Å². The first-order valence-corrected chi connectivity index (χ1v) is 9.15. The first-order chi connectivity index (χ1) is 13.4. The minimum absolute atomic E-state index is 0.0205. The van der Waals surface area contributed by atoms with Gasteiger partial charge in [0.1, 0.15) is 11.4 Å². The zero-order chi connectivity index (χ0) is 19.9. The summed E-state index contributed by atoms with van der Waals surface area (Å²) < 4.78 is 29.6. The van der Waals surface area contributed by atoms with Crippen molar-refractivity contribution in [1.82, 2.24) is 19.5 Å². The number of hydrogen-bond donors (Lipinski definition) is 2. The molecule has 1 aliphatic carbocycles. The molecule has 28 heavy (non-hydrogen) atoms. The van der Waals surface area contributed by atoms with Gasteiger partial charge in [-0.15, -0.1) is 0 Å². The van der Waals surface area contributed by atoms with Crippen LogP contribution in [0.15, 0.2) is 18.2 Å². The lowest BCUT2D eigenvalue weighted by atomic mass is 10.0. The molecule has 1 aromatic carbocycles. The Kier molecular flexibility index (Phi) is 4.47. The number of imidazole rings is 1. The summed E-state index contributed by atoms with van der Waals surface area (Å²) in [5.74, 6) is 4.18. The number of hydrogen-bond acceptors (Lipinski definition) is 5. The fourth-order valence-electron chi connectivity index (χ4n) is 3.52. The van der Waals surface area contributed by atoms with Gasteiger partial charge in [0, 0.05) is 6.54 Å². The van der Waals surface area contributed by atoms with Gasteiger partial charge in [-0.3, -0.25) is 0 Å². The third-order valence-electron chi connectivity index (χ3n) is 4.97. The predicted molar refractivity (Wildman–Crippen MR) is 101 cm³/mol. The van der Waals surface area contributed by atoms with Crippen LogP contribution in [0.25, 0.3) is 22.6 Å². The topological polar surface area (TPSA) is 89.9 Å². The number of rotatable bonds is 2. The lowest BCUT2D eigenvalue weighted by molar-refractivity contribution is 0.110. The summed E-state index contributed by atoms with van der Waals surface area (Å²) in [4.78, 5) is 12.9. The zero-order valence-electron chi connectivity index (χ0n) is 15.3. The quantitative estimate of drug-likeness (QED) is 0.664. The number of aliphatic hydroxyl groups is 1. The van der Waals surface area contributed by atoms with E-state index in [2.05, 4.69) is 26.8 Å². The van der Waals surface area contributed by atoms with Crippen LogP contribution in [-0.4, -0.2) is 30.2 Å². The summed E-state index contributed by atoms with van der Waals surface area (Å²) in [5, 5.41) is 10.4. The van der Waals surface area contributed by atoms with Gasteiger partial charge >= 0.3 is 0 Å². The van der Waals surface area contributed by atoms with E-state index in [0.717, 1.165) is 18.9 Å². The third-order valence-corrected chi connectivity index (χ3v) is 4.97. The summed E-state index contributed by atoms with van der Waals surface area (Å²) in [6, 6.07) is 3.92. The minimum atomic E-state index is -1.02. The summed E-state index contributed by atoms with van der Waals surface area (Å²) in [6.07, 6.45) is 3.10. The van der Waals surface area contributed by atoms with Crippen molar-refractivity contribution in [2.24, 2.45) is 0 Å². The van der Waals surface area contributed by atoms with Crippen LogP contribution in [0.5, 0.6) is 0 Å². The molecule has 2 aromatic heterocycles. The van der Waals surface area contributed by atoms with Crippen LogP contribution < -0.4 is 5.73 Å². The average Bonchev–Trinajstić information content (AvgIpc) is 3.26. The standard InChI is InChI=1S/C20H19F2N5O/c1-2-27-18(12-6-5-7-13(21)15(12)22)26-16-17(23)24-14(25-19(16)27)8-11-20(28)9-3-4-10-20/h5-7,28H,2-4,9-10H2,1H3,(H2,23,24,25). The van der Waals surface area contributed by atoms with Crippen molar-refractivity contribution in [3.8, 4) is 23.2 Å². The fraction of sp³-hybridized carbons (Fsp3) is 0.350. The van der Waals surface area contributed by atoms with Gasteiger partial charge in [-0.05, 0) is 50.7 Å². The molecule has 4 rings (SSSR count). The zero-order valence-corrected chi connectivity index (χ0v) is 15.3. The Morgan fingerprint density at radius 3 is 2.68 bits per heavy atom. The third kappa shape index (κ3) is 3.08. The van der Waals surface area contributed by atoms with Crippen LogP contribution in [0.3, 0.4) is 0 Å². The maximum atomic E-state index is 14.3. The van der Waals surface area contributed by atoms with Crippen molar-refractivity contribution in [3.63, 3.8) is 0 Å². The fourth-order valence-corrected chi connectivity index (χ4v) is 3.52. The van der Waals surface area contributed by atoms with Crippen LogP contribution in [0.1, 0.15) is 38.4 Å². The van der Waals surface area contributed by atoms with Gasteiger partial charge in [-0.25, -0.2) is 23.7 Å². The molecule has 0 atom stereocenters. The molecular formula is C20H19F2N5O. The average molecular weight is 383 g/mol. The van der Waals surface area contributed by atoms with Gasteiger partial charge in [0.2, 0.25) is 5.82 Å². The second-order valence-corrected chi connectivity index (χ2v) is 6.87. The SMILES string of the molecule is CCn1c(-c2cccc(F)c2F)nc2c(N)nc(C#CC3(O)CCCC3)nc21. The van der Waals surface area contributed by atoms with Crippen LogP contribution in [0.2, 0.25) is 0 Å². The summed E-state index contributed by atoms with van der Waals surface area (Å²) in [5.41, 5.74) is 5.71. The van der Waals surface area contributed by atoms with E-state index in [4.69, 9.17) is 5.73 Å². The predicted octanol–water partition coefficient (Wildman–Crippen LogP) is 3.03. The maximum Gasteiger partial charge on any atom is 0.209 e. The smallest absolute Gasteiger partial charge is 0.209 e. The number of anilines is 1. The van der Waals surface area contributed by atoms with Crippen molar-refractivity contribution in [2.75, 3.05) is 5.73 Å². The molecule has 3 aromatic rings. The van der Waals surface area contributed by atoms with Crippen LogP contribution in [0.4, 0.5) is 14.6 Å². The molecule has 1 fully saturated rings. The van der Waals surface area contributed by atoms with E-state index in [9.17, 15) is 13.9 Å². The Bertz CT molecular complexity index is 1120. The monoisotopic (exact) mass is 383 g/mol. The lowest BCUT2D eigenvalue weighted by Gasteiger charge is -2.12. The molecular weight excluding hydrogens is 364 g/mol. The van der Waals surface area contributed by atoms with Gasteiger partial charge in [-0.2, -0.15) is 0 Å². The van der Waals surface area contributed by atoms with E-state index < -0.39 is 17.2 Å². The van der Waals surface area contributed by atoms with Gasteiger partial charge in [0.15, 0.2) is 28.6 Å². The van der Waals surface area contributed by atoms with Crippen LogP contribution in [0, 0.1) is 23.5 Å². The van der Waals surface area contributed by atoms with E-state index in [1.807, 2.05) is 6.92 Å². The maximum absolute atomic E-state index is 14.3. The van der Waals surface area contributed by atoms with E-state index >= 15 is 0 Å². The molecule has 0 amide bonds. The molecule has 2 heterocycles. The van der Waals surface area contributed by atoms with Gasteiger partial charge in [0.25, 0.3) is 0 Å². The Morgan fingerprint density at radius 2 is 1.96 bits per heavy atom. The van der Waals surface area contributed by atoms with E-state index in [1.54, 1.807) is 4.57 Å². The summed E-state index contributed by atoms with van der Waals surface area (Å²) in [7, 11) is 0. The molecule has 8 heteroatoms. The Hall–Kier alpha value is -3.05. The number of aromatic nitrogens is 4. The normalized spacial score (nSPS) is 15.6. The summed E-state index contributed by atoms with van der Waals surface area (Å²) in [6.45, 7) is 2.25. The molecule has 1 aliphatic rings. The molecule has 0 spiro atoms. The van der Waals surface area contributed by atoms with Gasteiger partial charge < -0.3 is 15.4 Å². The number of benzene rings is 1. The number of nitrogens with two attached hydrogens (primary N) is 1. The van der Waals surface area contributed by atoms with Gasteiger partial charge in [0.05, 0.1) is 5.56 Å². The van der Waals surface area contributed by atoms with Crippen molar-refractivity contribution < 1.29 is 13.9 Å². The molecule has 0 aliphatic heterocycles. The molecule has 1 saturated carbocycles. The first-order valence-electron chi connectivity index (χ1n) is 9.15. The number of nitrogens with zero attached hydrogens (tertiary/aromatic N) is 4. The second kappa shape index (κ2) is 6.84.